The van der Waals surface area contributed by atoms with Crippen molar-refractivity contribution in [3.63, 3.8) is 0 Å². The van der Waals surface area contributed by atoms with Crippen LogP contribution in [0.15, 0.2) is 143 Å². The predicted molar refractivity (Wildman–Crippen MR) is 224 cm³/mol. The molecule has 0 saturated carbocycles. The summed E-state index contributed by atoms with van der Waals surface area (Å²) in [5.41, 5.74) is 7.66. The quantitative estimate of drug-likeness (QED) is 0.138. The van der Waals surface area contributed by atoms with Gasteiger partial charge in [0, 0.05) is 37.5 Å². The summed E-state index contributed by atoms with van der Waals surface area (Å²) in [5.74, 6) is -2.17. The van der Waals surface area contributed by atoms with Crippen LogP contribution in [0.1, 0.15) is 30.5 Å². The molecule has 9 nitrogen and oxygen atoms in total. The second-order valence-corrected chi connectivity index (χ2v) is 13.4. The number of carbonyl (C=O) groups is 2. The van der Waals surface area contributed by atoms with E-state index in [0.717, 1.165) is 32.5 Å². The van der Waals surface area contributed by atoms with E-state index in [1.807, 2.05) is 47.2 Å². The molecule has 0 amide bonds. The number of benzene rings is 5. The van der Waals surface area contributed by atoms with E-state index in [-0.39, 0.29) is 44.7 Å². The Morgan fingerprint density at radius 3 is 1.04 bits per heavy atom. The van der Waals surface area contributed by atoms with Crippen LogP contribution in [0.5, 0.6) is 5.75 Å². The van der Waals surface area contributed by atoms with Crippen LogP contribution in [0, 0.1) is 6.92 Å². The van der Waals surface area contributed by atoms with Gasteiger partial charge < -0.3 is 34.7 Å². The Morgan fingerprint density at radius 2 is 0.807 bits per heavy atom. The summed E-state index contributed by atoms with van der Waals surface area (Å²) in [6, 6.07) is 47.3. The Hall–Kier alpha value is -4.59. The minimum Gasteiger partial charge on any atom is -0.872 e. The normalized spacial score (nSPS) is 10.5. The van der Waals surface area contributed by atoms with E-state index in [2.05, 4.69) is 141 Å². The Balaban J connectivity index is 0.000000905. The molecule has 0 aliphatic rings. The molecule has 12 heteroatoms. The fourth-order valence-electron chi connectivity index (χ4n) is 5.98. The number of carboxylic acid groups (broad SMARTS) is 2. The zero-order valence-electron chi connectivity index (χ0n) is 34.5. The van der Waals surface area contributed by atoms with Gasteiger partial charge in [-0.3, -0.25) is 9.98 Å². The summed E-state index contributed by atoms with van der Waals surface area (Å²) < 4.78 is 0. The van der Waals surface area contributed by atoms with Gasteiger partial charge in [0.25, 0.3) is 0 Å². The third-order valence-corrected chi connectivity index (χ3v) is 8.30. The minimum atomic E-state index is -1.22. The second-order valence-electron chi connectivity index (χ2n) is 13.4. The van der Waals surface area contributed by atoms with Crippen molar-refractivity contribution in [1.29, 1.82) is 0 Å². The molecule has 57 heavy (non-hydrogen) atoms. The standard InChI is InChI=1S/C24H20B.C17H28N4O.2C2H4O2.2Zn/c1-5-13-21(14-6-1)25(22-15-7-2-8-16-22,23-17-9-3-10-18-23)24-19-11-4-12-20-24;1-14-10-15(12-18-6-8-20(2)3)17(22)16(11-14)13-19-7-9-21(4)5;2*1-2(3)4;;/h1-20H;10-13,22H,6-9H2,1-5H3;2*1H3,(H,3,4);;/q-1;;;;2*+2/p-3. The van der Waals surface area contributed by atoms with Crippen LogP contribution in [0.3, 0.4) is 0 Å². The van der Waals surface area contributed by atoms with E-state index in [4.69, 9.17) is 19.8 Å². The van der Waals surface area contributed by atoms with E-state index in [9.17, 15) is 5.11 Å². The van der Waals surface area contributed by atoms with Gasteiger partial charge in [0.05, 0.1) is 13.1 Å². The summed E-state index contributed by atoms with van der Waals surface area (Å²) >= 11 is 0. The average molecular weight is 872 g/mol. The number of rotatable bonds is 12. The molecule has 0 N–H and O–H groups in total. The largest absolute Gasteiger partial charge is 2.00 e. The van der Waals surface area contributed by atoms with Gasteiger partial charge in [-0.25, -0.2) is 0 Å². The van der Waals surface area contributed by atoms with Gasteiger partial charge in [0.1, 0.15) is 6.15 Å². The molecule has 5 aromatic rings. The molecule has 0 aromatic heterocycles. The van der Waals surface area contributed by atoms with Gasteiger partial charge in [-0.2, -0.15) is 21.9 Å². The number of nitrogens with zero attached hydrogens (tertiary/aromatic N) is 4. The molecule has 0 heterocycles. The Labute approximate surface area is 365 Å². The first-order valence-corrected chi connectivity index (χ1v) is 18.1. The number of hydrogen-bond donors (Lipinski definition) is 0. The molecule has 5 rings (SSSR count). The molecule has 5 aromatic carbocycles. The first kappa shape index (κ1) is 52.4. The topological polar surface area (TPSA) is 135 Å². The fourth-order valence-corrected chi connectivity index (χ4v) is 5.98. The molecule has 0 saturated heterocycles. The number of aliphatic imine (C=N–C) groups is 2. The number of aryl methyl sites for hydroxylation is 1. The zero-order valence-corrected chi connectivity index (χ0v) is 40.4. The van der Waals surface area contributed by atoms with Crippen molar-refractivity contribution in [1.82, 2.24) is 9.80 Å². The van der Waals surface area contributed by atoms with E-state index in [0.29, 0.717) is 24.2 Å². The SMILES string of the molecule is CC(=O)[O-].CC(=O)[O-].Cc1cc(C=NCCN(C)C)c([O-])c(C=NCCN(C)C)c1.[Zn+2].[Zn+2].c1ccc([B-](c2ccccc2)(c2ccccc2)c2ccccc2)cc1. The molecule has 0 radical (unpaired) electrons. The van der Waals surface area contributed by atoms with Crippen LogP contribution in [-0.2, 0) is 48.5 Å². The van der Waals surface area contributed by atoms with Crippen molar-refractivity contribution in [3.8, 4) is 5.75 Å². The first-order valence-electron chi connectivity index (χ1n) is 18.1. The van der Waals surface area contributed by atoms with Crippen LogP contribution in [0.4, 0.5) is 0 Å². The van der Waals surface area contributed by atoms with Gasteiger partial charge in [0.15, 0.2) is 0 Å². The van der Waals surface area contributed by atoms with Crippen LogP contribution in [0.2, 0.25) is 0 Å². The molecule has 0 aliphatic carbocycles. The number of carbonyl (C=O) groups excluding carboxylic acids is 2. The number of aliphatic carboxylic acids is 2. The third kappa shape index (κ3) is 18.9. The van der Waals surface area contributed by atoms with Crippen LogP contribution >= 0.6 is 0 Å². The third-order valence-electron chi connectivity index (χ3n) is 8.30. The number of likely N-dealkylation sites (N-methyl/N-ethyl adjacent to an activating group) is 2. The molecule has 0 atom stereocenters. The van der Waals surface area contributed by atoms with E-state index in [1.165, 1.54) is 21.9 Å². The van der Waals surface area contributed by atoms with Crippen LogP contribution in [-0.4, -0.2) is 94.7 Å². The maximum atomic E-state index is 12.4. The fraction of sp³-hybridized carbons (Fsp3) is 0.244. The van der Waals surface area contributed by atoms with Crippen molar-refractivity contribution >= 4 is 52.4 Å². The molecule has 0 spiro atoms. The molecule has 290 valence electrons. The summed E-state index contributed by atoms with van der Waals surface area (Å²) in [7, 11) is 8.01. The van der Waals surface area contributed by atoms with Gasteiger partial charge in [-0.05, 0) is 65.7 Å². The molecular formula is C45H53BN4O5Zn2. The van der Waals surface area contributed by atoms with E-state index >= 15 is 0 Å². The maximum absolute atomic E-state index is 12.4. The maximum Gasteiger partial charge on any atom is 2.00 e. The van der Waals surface area contributed by atoms with Crippen LogP contribution < -0.4 is 37.2 Å². The molecule has 0 unspecified atom stereocenters. The van der Waals surface area contributed by atoms with Gasteiger partial charge in [-0.1, -0.05) is 139 Å². The van der Waals surface area contributed by atoms with Gasteiger partial charge in [-0.15, -0.1) is 0 Å². The first-order chi connectivity index (χ1) is 26.3. The average Bonchev–Trinajstić information content (AvgIpc) is 3.15. The second kappa shape index (κ2) is 28.8. The van der Waals surface area contributed by atoms with Crippen LogP contribution in [0.25, 0.3) is 0 Å². The molecule has 0 aliphatic heterocycles. The predicted octanol–water partition coefficient (Wildman–Crippen LogP) is 1.60. The summed E-state index contributed by atoms with van der Waals surface area (Å²) in [6.45, 7) is 7.04. The summed E-state index contributed by atoms with van der Waals surface area (Å²) in [4.78, 5) is 30.6. The Bertz CT molecular complexity index is 1690. The Kier molecular flexibility index (Phi) is 26.4. The van der Waals surface area contributed by atoms with Crippen molar-refractivity contribution < 1.29 is 63.9 Å². The van der Waals surface area contributed by atoms with E-state index in [1.54, 1.807) is 12.4 Å². The molecular weight excluding hydrogens is 818 g/mol. The van der Waals surface area contributed by atoms with E-state index < -0.39 is 18.1 Å². The molecule has 0 bridgehead atoms. The number of hydrogen-bond acceptors (Lipinski definition) is 9. The zero-order chi connectivity index (χ0) is 40.6. The monoisotopic (exact) mass is 868 g/mol. The van der Waals surface area contributed by atoms with Gasteiger partial charge >= 0.3 is 39.0 Å². The van der Waals surface area contributed by atoms with Crippen molar-refractivity contribution in [2.75, 3.05) is 54.4 Å². The van der Waals surface area contributed by atoms with Crippen molar-refractivity contribution in [2.45, 2.75) is 20.8 Å². The number of carboxylic acids is 2. The smallest absolute Gasteiger partial charge is 0.872 e. The van der Waals surface area contributed by atoms with Gasteiger partial charge in [0.2, 0.25) is 0 Å². The minimum absolute atomic E-state index is 0. The van der Waals surface area contributed by atoms with Crippen molar-refractivity contribution in [3.05, 3.63) is 150 Å². The molecule has 0 fully saturated rings. The summed E-state index contributed by atoms with van der Waals surface area (Å²) in [5, 5.41) is 30.2. The summed E-state index contributed by atoms with van der Waals surface area (Å²) in [6.07, 6.45) is 2.14. The Morgan fingerprint density at radius 1 is 0.561 bits per heavy atom. The van der Waals surface area contributed by atoms with Crippen molar-refractivity contribution in [2.24, 2.45) is 9.98 Å².